The minimum atomic E-state index is -0.524. The number of carbonyl (C=O) groups excluding carboxylic acids is 1. The summed E-state index contributed by atoms with van der Waals surface area (Å²) >= 11 is 6.35. The van der Waals surface area contributed by atoms with E-state index in [9.17, 15) is 9.59 Å². The molecule has 0 unspecified atom stereocenters. The van der Waals surface area contributed by atoms with Crippen LogP contribution < -0.4 is 10.3 Å². The zero-order valence-corrected chi connectivity index (χ0v) is 15.1. The molecule has 26 heavy (non-hydrogen) atoms. The monoisotopic (exact) mass is 373 g/mol. The molecular formula is C18H16ClN3O4. The number of aryl methyl sites for hydroxylation is 1. The molecule has 0 amide bonds. The van der Waals surface area contributed by atoms with E-state index < -0.39 is 12.1 Å². The molecule has 0 saturated heterocycles. The Bertz CT molecular complexity index is 1030. The Balaban J connectivity index is 1.90. The molecule has 2 aromatic heterocycles. The number of H-pyrrole nitrogens is 1. The van der Waals surface area contributed by atoms with Gasteiger partial charge in [0.15, 0.2) is 0 Å². The largest absolute Gasteiger partial charge is 0.484 e. The van der Waals surface area contributed by atoms with Gasteiger partial charge in [0.25, 0.3) is 5.56 Å². The number of esters is 1. The molecule has 7 nitrogen and oxygen atoms in total. The number of pyridine rings is 1. The van der Waals surface area contributed by atoms with Crippen LogP contribution in [0.4, 0.5) is 0 Å². The van der Waals surface area contributed by atoms with Crippen molar-refractivity contribution in [2.45, 2.75) is 20.0 Å². The molecule has 3 rings (SSSR count). The number of carbonyl (C=O) groups is 1. The molecular weight excluding hydrogens is 358 g/mol. The van der Waals surface area contributed by atoms with Crippen molar-refractivity contribution >= 4 is 28.5 Å². The van der Waals surface area contributed by atoms with Crippen molar-refractivity contribution in [2.75, 3.05) is 7.11 Å². The van der Waals surface area contributed by atoms with Gasteiger partial charge in [-0.2, -0.15) is 0 Å². The Morgan fingerprint density at radius 3 is 2.73 bits per heavy atom. The van der Waals surface area contributed by atoms with E-state index in [1.807, 2.05) is 0 Å². The smallest absolute Gasteiger partial charge is 0.356 e. The zero-order chi connectivity index (χ0) is 18.8. The van der Waals surface area contributed by atoms with Gasteiger partial charge in [0, 0.05) is 10.6 Å². The molecule has 0 radical (unpaired) electrons. The van der Waals surface area contributed by atoms with Crippen LogP contribution in [0.3, 0.4) is 0 Å². The number of fused-ring (bicyclic) bond motifs is 1. The van der Waals surface area contributed by atoms with Gasteiger partial charge in [0.1, 0.15) is 23.4 Å². The molecule has 0 spiro atoms. The van der Waals surface area contributed by atoms with E-state index in [1.165, 1.54) is 19.4 Å². The fourth-order valence-corrected chi connectivity index (χ4v) is 2.86. The van der Waals surface area contributed by atoms with E-state index in [0.29, 0.717) is 33.1 Å². The summed E-state index contributed by atoms with van der Waals surface area (Å²) in [5.41, 5.74) is 1.12. The number of benzene rings is 1. The van der Waals surface area contributed by atoms with Gasteiger partial charge in [-0.05, 0) is 38.1 Å². The molecule has 1 aromatic carbocycles. The molecule has 1 atom stereocenters. The minimum absolute atomic E-state index is 0.184. The number of aromatic amines is 1. The summed E-state index contributed by atoms with van der Waals surface area (Å²) in [6, 6.07) is 6.44. The molecule has 0 saturated carbocycles. The summed E-state index contributed by atoms with van der Waals surface area (Å²) in [6.07, 6.45) is 0.980. The SMILES string of the molecule is COC(=O)c1ccc(O[C@@H](C)c2cc3c(=O)[nH]c(C)nc3cc2Cl)cn1. The molecule has 0 bridgehead atoms. The van der Waals surface area contributed by atoms with Crippen LogP contribution in [0.1, 0.15) is 34.9 Å². The van der Waals surface area contributed by atoms with Gasteiger partial charge in [-0.1, -0.05) is 11.6 Å². The predicted octanol–water partition coefficient (Wildman–Crippen LogP) is 3.21. The molecule has 1 N–H and O–H groups in total. The summed E-state index contributed by atoms with van der Waals surface area (Å²) in [6.45, 7) is 3.51. The Labute approximate surface area is 154 Å². The number of nitrogens with one attached hydrogen (secondary N) is 1. The Morgan fingerprint density at radius 1 is 1.31 bits per heavy atom. The number of hydrogen-bond donors (Lipinski definition) is 1. The van der Waals surface area contributed by atoms with Crippen LogP contribution in [-0.2, 0) is 4.74 Å². The quantitative estimate of drug-likeness (QED) is 0.706. The molecule has 3 aromatic rings. The van der Waals surface area contributed by atoms with E-state index in [2.05, 4.69) is 19.7 Å². The number of ether oxygens (including phenoxy) is 2. The topological polar surface area (TPSA) is 94.2 Å². The summed E-state index contributed by atoms with van der Waals surface area (Å²) in [7, 11) is 1.29. The number of rotatable bonds is 4. The van der Waals surface area contributed by atoms with Crippen LogP contribution in [-0.4, -0.2) is 28.0 Å². The van der Waals surface area contributed by atoms with Crippen molar-refractivity contribution in [3.8, 4) is 5.75 Å². The van der Waals surface area contributed by atoms with Gasteiger partial charge in [-0.15, -0.1) is 0 Å². The maximum absolute atomic E-state index is 12.1. The van der Waals surface area contributed by atoms with Gasteiger partial charge in [-0.3, -0.25) is 4.79 Å². The number of methoxy groups -OCH3 is 1. The average Bonchev–Trinajstić information content (AvgIpc) is 2.60. The highest BCUT2D eigenvalue weighted by Crippen LogP contribution is 2.29. The van der Waals surface area contributed by atoms with Crippen LogP contribution in [0.25, 0.3) is 10.9 Å². The second-order valence-electron chi connectivity index (χ2n) is 5.67. The molecule has 0 aliphatic carbocycles. The second kappa shape index (κ2) is 7.13. The summed E-state index contributed by atoms with van der Waals surface area (Å²) < 4.78 is 10.4. The molecule has 134 valence electrons. The van der Waals surface area contributed by atoms with Gasteiger partial charge in [-0.25, -0.2) is 14.8 Å². The van der Waals surface area contributed by atoms with Crippen molar-refractivity contribution in [2.24, 2.45) is 0 Å². The average molecular weight is 374 g/mol. The van der Waals surface area contributed by atoms with E-state index in [1.54, 1.807) is 32.0 Å². The predicted molar refractivity (Wildman–Crippen MR) is 96.7 cm³/mol. The highest BCUT2D eigenvalue weighted by atomic mass is 35.5. The van der Waals surface area contributed by atoms with Crippen LogP contribution in [0.2, 0.25) is 5.02 Å². The van der Waals surface area contributed by atoms with E-state index in [4.69, 9.17) is 16.3 Å². The lowest BCUT2D eigenvalue weighted by atomic mass is 10.1. The Hall–Kier alpha value is -2.93. The first-order valence-electron chi connectivity index (χ1n) is 7.80. The molecule has 2 heterocycles. The summed E-state index contributed by atoms with van der Waals surface area (Å²) in [5, 5.41) is 0.881. The molecule has 0 aliphatic heterocycles. The van der Waals surface area contributed by atoms with E-state index in [0.717, 1.165) is 0 Å². The lowest BCUT2D eigenvalue weighted by Gasteiger charge is -2.17. The Morgan fingerprint density at radius 2 is 2.08 bits per heavy atom. The third kappa shape index (κ3) is 3.52. The lowest BCUT2D eigenvalue weighted by molar-refractivity contribution is 0.0594. The van der Waals surface area contributed by atoms with Crippen molar-refractivity contribution < 1.29 is 14.3 Å². The standard InChI is InChI=1S/C18H16ClN3O4/c1-9(26-11-4-5-15(20-8-11)18(24)25-3)12-6-13-16(7-14(12)19)21-10(2)22-17(13)23/h4-9H,1-3H3,(H,21,22,23)/t9-/m0/s1. The normalized spacial score (nSPS) is 12.0. The van der Waals surface area contributed by atoms with Crippen molar-refractivity contribution in [3.63, 3.8) is 0 Å². The highest BCUT2D eigenvalue weighted by molar-refractivity contribution is 6.32. The van der Waals surface area contributed by atoms with Crippen LogP contribution in [0.15, 0.2) is 35.3 Å². The first-order valence-corrected chi connectivity index (χ1v) is 8.18. The molecule has 8 heteroatoms. The van der Waals surface area contributed by atoms with Crippen molar-refractivity contribution in [3.05, 3.63) is 62.9 Å². The fourth-order valence-electron chi connectivity index (χ4n) is 2.55. The van der Waals surface area contributed by atoms with Crippen LogP contribution >= 0.6 is 11.6 Å². The van der Waals surface area contributed by atoms with Crippen molar-refractivity contribution in [1.29, 1.82) is 0 Å². The highest BCUT2D eigenvalue weighted by Gasteiger charge is 2.16. The fraction of sp³-hybridized carbons (Fsp3) is 0.222. The lowest BCUT2D eigenvalue weighted by Crippen LogP contribution is -2.12. The van der Waals surface area contributed by atoms with Gasteiger partial charge < -0.3 is 14.5 Å². The first kappa shape index (κ1) is 17.9. The maximum atomic E-state index is 12.1. The van der Waals surface area contributed by atoms with Crippen molar-refractivity contribution in [1.82, 2.24) is 15.0 Å². The number of aromatic nitrogens is 3. The molecule has 0 aliphatic rings. The van der Waals surface area contributed by atoms with E-state index >= 15 is 0 Å². The van der Waals surface area contributed by atoms with Gasteiger partial charge >= 0.3 is 5.97 Å². The Kier molecular flexibility index (Phi) is 4.90. The second-order valence-corrected chi connectivity index (χ2v) is 6.08. The van der Waals surface area contributed by atoms with E-state index in [-0.39, 0.29) is 11.3 Å². The van der Waals surface area contributed by atoms with Gasteiger partial charge in [0.05, 0.1) is 24.2 Å². The minimum Gasteiger partial charge on any atom is -0.484 e. The van der Waals surface area contributed by atoms with Gasteiger partial charge in [0.2, 0.25) is 0 Å². The maximum Gasteiger partial charge on any atom is 0.356 e. The number of nitrogens with zero attached hydrogens (tertiary/aromatic N) is 2. The van der Waals surface area contributed by atoms with Crippen LogP contribution in [0, 0.1) is 6.92 Å². The number of hydrogen-bond acceptors (Lipinski definition) is 6. The number of halogens is 1. The summed E-state index contributed by atoms with van der Waals surface area (Å²) in [4.78, 5) is 34.5. The third-order valence-electron chi connectivity index (χ3n) is 3.82. The molecule has 0 fully saturated rings. The summed E-state index contributed by atoms with van der Waals surface area (Å²) in [5.74, 6) is 0.453. The van der Waals surface area contributed by atoms with Crippen LogP contribution in [0.5, 0.6) is 5.75 Å². The third-order valence-corrected chi connectivity index (χ3v) is 4.15. The zero-order valence-electron chi connectivity index (χ0n) is 14.4. The first-order chi connectivity index (χ1) is 12.4.